The van der Waals surface area contributed by atoms with Gasteiger partial charge in [0.1, 0.15) is 17.1 Å². The summed E-state index contributed by atoms with van der Waals surface area (Å²) in [6.45, 7) is 13.6. The van der Waals surface area contributed by atoms with Gasteiger partial charge in [-0.3, -0.25) is 0 Å². The summed E-state index contributed by atoms with van der Waals surface area (Å²) in [5.74, 6) is 0.198. The van der Waals surface area contributed by atoms with Crippen LogP contribution in [0.25, 0.3) is 11.8 Å². The highest BCUT2D eigenvalue weighted by atomic mass is 35.5. The van der Waals surface area contributed by atoms with Crippen LogP contribution in [0.4, 0.5) is 0 Å². The van der Waals surface area contributed by atoms with Gasteiger partial charge in [0.2, 0.25) is 0 Å². The zero-order valence-electron chi connectivity index (χ0n) is 14.2. The van der Waals surface area contributed by atoms with Gasteiger partial charge in [-0.25, -0.2) is 0 Å². The Morgan fingerprint density at radius 1 is 1.26 bits per heavy atom. The minimum atomic E-state index is -0.179. The van der Waals surface area contributed by atoms with Crippen LogP contribution in [-0.4, -0.2) is 20.1 Å². The summed E-state index contributed by atoms with van der Waals surface area (Å²) in [5, 5.41) is 20.0. The first-order valence-corrected chi connectivity index (χ1v) is 7.79. The fourth-order valence-corrected chi connectivity index (χ4v) is 2.41. The summed E-state index contributed by atoms with van der Waals surface area (Å²) in [7, 11) is 0. The second-order valence-electron chi connectivity index (χ2n) is 6.62. The Labute approximate surface area is 142 Å². The maximum atomic E-state index is 10.7. The number of phenols is 1. The number of hydrogen-bond donors (Lipinski definition) is 1. The Kier molecular flexibility index (Phi) is 4.66. The monoisotopic (exact) mass is 331 g/mol. The van der Waals surface area contributed by atoms with Crippen LogP contribution in [0.15, 0.2) is 29.8 Å². The summed E-state index contributed by atoms with van der Waals surface area (Å²) in [6.07, 6.45) is 3.24. The van der Waals surface area contributed by atoms with Crippen molar-refractivity contribution in [3.8, 4) is 11.4 Å². The lowest BCUT2D eigenvalue weighted by Gasteiger charge is -2.22. The largest absolute Gasteiger partial charge is 0.505 e. The molecule has 0 saturated carbocycles. The second-order valence-corrected chi connectivity index (χ2v) is 7.06. The molecule has 23 heavy (non-hydrogen) atoms. The average molecular weight is 332 g/mol. The van der Waals surface area contributed by atoms with Crippen molar-refractivity contribution in [2.24, 2.45) is 0 Å². The third kappa shape index (κ3) is 3.64. The molecule has 2 rings (SSSR count). The molecule has 0 amide bonds. The fourth-order valence-electron chi connectivity index (χ4n) is 2.30. The van der Waals surface area contributed by atoms with E-state index in [1.165, 1.54) is 4.80 Å². The van der Waals surface area contributed by atoms with Crippen LogP contribution in [0.2, 0.25) is 0 Å². The van der Waals surface area contributed by atoms with Crippen molar-refractivity contribution in [2.45, 2.75) is 40.0 Å². The molecule has 122 valence electrons. The molecule has 2 aromatic rings. The quantitative estimate of drug-likeness (QED) is 0.833. The smallest absolute Gasteiger partial charge is 0.146 e. The number of rotatable bonds is 3. The molecule has 0 bridgehead atoms. The highest BCUT2D eigenvalue weighted by Gasteiger charge is 2.22. The average Bonchev–Trinajstić information content (AvgIpc) is 2.80. The van der Waals surface area contributed by atoms with Crippen LogP contribution in [0.1, 0.15) is 43.3 Å². The number of benzene rings is 1. The lowest BCUT2D eigenvalue weighted by atomic mass is 9.85. The van der Waals surface area contributed by atoms with Crippen LogP contribution in [0, 0.1) is 13.8 Å². The van der Waals surface area contributed by atoms with Gasteiger partial charge in [-0.2, -0.15) is 5.10 Å². The number of aromatic nitrogens is 3. The molecule has 0 saturated heterocycles. The van der Waals surface area contributed by atoms with E-state index in [0.29, 0.717) is 16.4 Å². The van der Waals surface area contributed by atoms with Crippen LogP contribution in [0.5, 0.6) is 5.75 Å². The van der Waals surface area contributed by atoms with E-state index in [1.807, 2.05) is 26.0 Å². The molecule has 0 fully saturated rings. The number of aryl methyl sites for hydroxylation is 2. The fraction of sp³-hybridized carbons (Fsp3) is 0.333. The zero-order valence-corrected chi connectivity index (χ0v) is 14.9. The molecule has 5 heteroatoms. The Balaban J connectivity index is 2.62. The number of allylic oxidation sites excluding steroid dienone is 2. The molecule has 1 aromatic carbocycles. The van der Waals surface area contributed by atoms with Gasteiger partial charge in [-0.05, 0) is 37.0 Å². The van der Waals surface area contributed by atoms with Gasteiger partial charge < -0.3 is 5.11 Å². The van der Waals surface area contributed by atoms with Crippen molar-refractivity contribution in [1.29, 1.82) is 0 Å². The van der Waals surface area contributed by atoms with E-state index in [-0.39, 0.29) is 11.2 Å². The van der Waals surface area contributed by atoms with E-state index in [4.69, 9.17) is 11.6 Å². The highest BCUT2D eigenvalue weighted by molar-refractivity contribution is 6.33. The van der Waals surface area contributed by atoms with E-state index in [2.05, 4.69) is 37.5 Å². The van der Waals surface area contributed by atoms with Crippen LogP contribution in [-0.2, 0) is 5.41 Å². The molecule has 0 spiro atoms. The molecular formula is C18H22ClN3O. The lowest BCUT2D eigenvalue weighted by molar-refractivity contribution is 0.440. The molecule has 0 atom stereocenters. The van der Waals surface area contributed by atoms with Crippen molar-refractivity contribution < 1.29 is 5.11 Å². The van der Waals surface area contributed by atoms with Crippen molar-refractivity contribution in [1.82, 2.24) is 15.0 Å². The lowest BCUT2D eigenvalue weighted by Crippen LogP contribution is -2.13. The standard InChI is InChI=1S/C18H22ClN3O/c1-7-13(19)10-15-12(3)20-22(21-15)16-9-11(2)8-14(17(16)23)18(4,5)6/h7-10,23H,1H2,2-6H3/b13-10+. The molecule has 0 aliphatic carbocycles. The van der Waals surface area contributed by atoms with Crippen LogP contribution < -0.4 is 0 Å². The third-order valence-corrected chi connectivity index (χ3v) is 3.81. The first kappa shape index (κ1) is 17.3. The summed E-state index contributed by atoms with van der Waals surface area (Å²) in [5.41, 5.74) is 3.66. The number of phenolic OH excluding ortho intramolecular Hbond substituents is 1. The van der Waals surface area contributed by atoms with Gasteiger partial charge in [0.25, 0.3) is 0 Å². The SMILES string of the molecule is C=C/C(Cl)=C\c1nn(-c2cc(C)cc(C(C)(C)C)c2O)nc1C. The van der Waals surface area contributed by atoms with Gasteiger partial charge in [0.05, 0.1) is 5.69 Å². The molecular weight excluding hydrogens is 310 g/mol. The summed E-state index contributed by atoms with van der Waals surface area (Å²) < 4.78 is 0. The Morgan fingerprint density at radius 3 is 2.48 bits per heavy atom. The summed E-state index contributed by atoms with van der Waals surface area (Å²) in [4.78, 5) is 1.45. The predicted molar refractivity (Wildman–Crippen MR) is 95.2 cm³/mol. The molecule has 4 nitrogen and oxygen atoms in total. The van der Waals surface area contributed by atoms with Gasteiger partial charge >= 0.3 is 0 Å². The minimum absolute atomic E-state index is 0.179. The van der Waals surface area contributed by atoms with Gasteiger partial charge in [-0.1, -0.05) is 51.1 Å². The van der Waals surface area contributed by atoms with Crippen molar-refractivity contribution >= 4 is 17.7 Å². The number of hydrogen-bond acceptors (Lipinski definition) is 3. The summed E-state index contributed by atoms with van der Waals surface area (Å²) >= 11 is 5.99. The van der Waals surface area contributed by atoms with Crippen molar-refractivity contribution in [3.05, 3.63) is 52.3 Å². The van der Waals surface area contributed by atoms with Crippen LogP contribution in [0.3, 0.4) is 0 Å². The van der Waals surface area contributed by atoms with Crippen molar-refractivity contribution in [3.63, 3.8) is 0 Å². The topological polar surface area (TPSA) is 50.9 Å². The third-order valence-electron chi connectivity index (χ3n) is 3.55. The molecule has 1 aromatic heterocycles. The Morgan fingerprint density at radius 2 is 1.91 bits per heavy atom. The van der Waals surface area contributed by atoms with E-state index < -0.39 is 0 Å². The Bertz CT molecular complexity index is 782. The van der Waals surface area contributed by atoms with Crippen LogP contribution >= 0.6 is 11.6 Å². The minimum Gasteiger partial charge on any atom is -0.505 e. The second kappa shape index (κ2) is 6.20. The normalized spacial score (nSPS) is 12.5. The predicted octanol–water partition coefficient (Wildman–Crippen LogP) is 4.65. The maximum Gasteiger partial charge on any atom is 0.146 e. The van der Waals surface area contributed by atoms with Gasteiger partial charge in [0, 0.05) is 10.6 Å². The number of aromatic hydroxyl groups is 1. The molecule has 1 heterocycles. The first-order chi connectivity index (χ1) is 10.6. The molecule has 0 unspecified atom stereocenters. The summed E-state index contributed by atoms with van der Waals surface area (Å²) in [6, 6.07) is 3.86. The maximum absolute atomic E-state index is 10.7. The van der Waals surface area contributed by atoms with Crippen molar-refractivity contribution in [2.75, 3.05) is 0 Å². The van der Waals surface area contributed by atoms with E-state index >= 15 is 0 Å². The molecule has 0 aliphatic heterocycles. The first-order valence-electron chi connectivity index (χ1n) is 7.41. The van der Waals surface area contributed by atoms with E-state index in [1.54, 1.807) is 12.2 Å². The Hall–Kier alpha value is -2.07. The molecule has 0 aliphatic rings. The zero-order chi connectivity index (χ0) is 17.4. The van der Waals surface area contributed by atoms with E-state index in [0.717, 1.165) is 16.8 Å². The highest BCUT2D eigenvalue weighted by Crippen LogP contribution is 2.35. The van der Waals surface area contributed by atoms with Gasteiger partial charge in [0.15, 0.2) is 0 Å². The number of halogens is 1. The van der Waals surface area contributed by atoms with E-state index in [9.17, 15) is 5.11 Å². The molecule has 0 radical (unpaired) electrons. The van der Waals surface area contributed by atoms with Gasteiger partial charge in [-0.15, -0.1) is 9.90 Å². The molecule has 1 N–H and O–H groups in total. The number of nitrogens with zero attached hydrogens (tertiary/aromatic N) is 3.